The van der Waals surface area contributed by atoms with Gasteiger partial charge in [-0.15, -0.1) is 11.8 Å². The first kappa shape index (κ1) is 23.8. The van der Waals surface area contributed by atoms with Gasteiger partial charge in [-0.1, -0.05) is 30.3 Å². The standard InChI is InChI=1S/C28H26N4O3S2/c1-35-22-11-9-21(10-12-22)32-28-25(26(30-32)18-5-3-2-4-6-18)27(19-13-14-36-16-19)37-17-24(34)31(28)15-23(33)29-20-7-8-20/h2-6,9-14,16,20,27H,7-8,15,17H2,1H3,(H,29,33)/t27-/m1/s1. The van der Waals surface area contributed by atoms with Crippen LogP contribution in [0.5, 0.6) is 5.75 Å². The summed E-state index contributed by atoms with van der Waals surface area (Å²) in [5.41, 5.74) is 4.62. The summed E-state index contributed by atoms with van der Waals surface area (Å²) in [5, 5.41) is 12.2. The topological polar surface area (TPSA) is 76.5 Å². The fraction of sp³-hybridized carbons (Fsp3) is 0.250. The van der Waals surface area contributed by atoms with Crippen LogP contribution in [0.25, 0.3) is 16.9 Å². The van der Waals surface area contributed by atoms with Crippen LogP contribution in [-0.4, -0.2) is 47.0 Å². The second kappa shape index (κ2) is 10.1. The van der Waals surface area contributed by atoms with Crippen LogP contribution in [0, 0.1) is 0 Å². The van der Waals surface area contributed by atoms with Crippen LogP contribution in [0.2, 0.25) is 0 Å². The number of rotatable bonds is 7. The maximum absolute atomic E-state index is 13.6. The molecule has 7 nitrogen and oxygen atoms in total. The molecule has 0 unspecified atom stereocenters. The normalized spacial score (nSPS) is 17.3. The summed E-state index contributed by atoms with van der Waals surface area (Å²) in [6.07, 6.45) is 1.98. The number of thiophene rings is 1. The smallest absolute Gasteiger partial charge is 0.240 e. The van der Waals surface area contributed by atoms with Gasteiger partial charge in [0, 0.05) is 17.2 Å². The van der Waals surface area contributed by atoms with Crippen LogP contribution >= 0.6 is 23.1 Å². The molecule has 0 bridgehead atoms. The van der Waals surface area contributed by atoms with E-state index in [0.29, 0.717) is 5.82 Å². The van der Waals surface area contributed by atoms with Gasteiger partial charge in [-0.25, -0.2) is 4.68 Å². The number of ether oxygens (including phenoxy) is 1. The number of nitrogens with one attached hydrogen (secondary N) is 1. The van der Waals surface area contributed by atoms with Crippen LogP contribution in [0.1, 0.15) is 29.2 Å². The first-order valence-electron chi connectivity index (χ1n) is 12.2. The Bertz CT molecular complexity index is 1410. The van der Waals surface area contributed by atoms with Gasteiger partial charge in [-0.05, 0) is 59.5 Å². The Hall–Kier alpha value is -3.56. The molecule has 2 aromatic heterocycles. The van der Waals surface area contributed by atoms with E-state index in [2.05, 4.69) is 22.1 Å². The molecule has 2 aromatic carbocycles. The van der Waals surface area contributed by atoms with E-state index in [-0.39, 0.29) is 35.4 Å². The summed E-state index contributed by atoms with van der Waals surface area (Å²) in [4.78, 5) is 28.2. The molecule has 1 fully saturated rings. The van der Waals surface area contributed by atoms with Gasteiger partial charge in [-0.2, -0.15) is 16.4 Å². The molecular formula is C28H26N4O3S2. The van der Waals surface area contributed by atoms with Crippen LogP contribution in [0.3, 0.4) is 0 Å². The highest BCUT2D eigenvalue weighted by molar-refractivity contribution is 8.00. The Morgan fingerprint density at radius 1 is 1.11 bits per heavy atom. The fourth-order valence-corrected chi connectivity index (χ4v) is 6.52. The summed E-state index contributed by atoms with van der Waals surface area (Å²) in [5.74, 6) is 1.38. The quantitative estimate of drug-likeness (QED) is 0.362. The van der Waals surface area contributed by atoms with Crippen molar-refractivity contribution >= 4 is 40.7 Å². The zero-order valence-electron chi connectivity index (χ0n) is 20.3. The van der Waals surface area contributed by atoms with Crippen molar-refractivity contribution in [3.63, 3.8) is 0 Å². The molecule has 0 saturated heterocycles. The Labute approximate surface area is 223 Å². The molecule has 9 heteroatoms. The van der Waals surface area contributed by atoms with Crippen molar-refractivity contribution < 1.29 is 14.3 Å². The van der Waals surface area contributed by atoms with Gasteiger partial charge in [0.05, 0.1) is 29.5 Å². The number of aromatic nitrogens is 2. The number of hydrogen-bond acceptors (Lipinski definition) is 6. The zero-order valence-corrected chi connectivity index (χ0v) is 21.9. The second-order valence-electron chi connectivity index (χ2n) is 9.13. The predicted octanol–water partition coefficient (Wildman–Crippen LogP) is 5.06. The van der Waals surface area contributed by atoms with E-state index in [9.17, 15) is 9.59 Å². The maximum Gasteiger partial charge on any atom is 0.240 e. The van der Waals surface area contributed by atoms with Crippen LogP contribution in [0.15, 0.2) is 71.4 Å². The largest absolute Gasteiger partial charge is 0.497 e. The average molecular weight is 531 g/mol. The van der Waals surface area contributed by atoms with Gasteiger partial charge in [0.25, 0.3) is 0 Å². The third-order valence-corrected chi connectivity index (χ3v) is 8.50. The highest BCUT2D eigenvalue weighted by Crippen LogP contribution is 2.48. The lowest BCUT2D eigenvalue weighted by atomic mass is 10.0. The average Bonchev–Trinajstić information content (AvgIpc) is 3.45. The monoisotopic (exact) mass is 530 g/mol. The number of amides is 2. The van der Waals surface area contributed by atoms with E-state index in [1.54, 1.807) is 35.1 Å². The van der Waals surface area contributed by atoms with E-state index in [4.69, 9.17) is 9.84 Å². The number of carbonyl (C=O) groups excluding carboxylic acids is 2. The molecule has 0 spiro atoms. The Balaban J connectivity index is 1.58. The minimum Gasteiger partial charge on any atom is -0.497 e. The first-order chi connectivity index (χ1) is 18.1. The lowest BCUT2D eigenvalue weighted by Gasteiger charge is -2.23. The van der Waals surface area contributed by atoms with Crippen molar-refractivity contribution in [2.45, 2.75) is 24.1 Å². The van der Waals surface area contributed by atoms with Crippen molar-refractivity contribution in [3.8, 4) is 22.7 Å². The van der Waals surface area contributed by atoms with E-state index >= 15 is 0 Å². The van der Waals surface area contributed by atoms with Gasteiger partial charge >= 0.3 is 0 Å². The molecule has 6 rings (SSSR count). The van der Waals surface area contributed by atoms with Crippen molar-refractivity contribution in [2.24, 2.45) is 0 Å². The maximum atomic E-state index is 13.6. The summed E-state index contributed by atoms with van der Waals surface area (Å²) < 4.78 is 7.17. The van der Waals surface area contributed by atoms with Gasteiger partial charge in [0.15, 0.2) is 0 Å². The fourth-order valence-electron chi connectivity index (χ4n) is 4.56. The lowest BCUT2D eigenvalue weighted by molar-refractivity contribution is -0.123. The number of hydrogen-bond donors (Lipinski definition) is 1. The van der Waals surface area contributed by atoms with E-state index in [0.717, 1.165) is 46.7 Å². The molecule has 37 heavy (non-hydrogen) atoms. The van der Waals surface area contributed by atoms with E-state index < -0.39 is 0 Å². The molecular weight excluding hydrogens is 504 g/mol. The van der Waals surface area contributed by atoms with Crippen molar-refractivity contribution in [2.75, 3.05) is 24.3 Å². The number of nitrogens with zero attached hydrogens (tertiary/aromatic N) is 3. The third-order valence-electron chi connectivity index (χ3n) is 6.54. The van der Waals surface area contributed by atoms with Crippen molar-refractivity contribution in [3.05, 3.63) is 82.6 Å². The highest BCUT2D eigenvalue weighted by Gasteiger charge is 2.38. The minimum atomic E-state index is -0.149. The number of methoxy groups -OCH3 is 1. The zero-order chi connectivity index (χ0) is 25.4. The Morgan fingerprint density at radius 3 is 2.57 bits per heavy atom. The summed E-state index contributed by atoms with van der Waals surface area (Å²) in [6.45, 7) is -0.0463. The molecule has 1 saturated carbocycles. The molecule has 4 aromatic rings. The molecule has 2 amide bonds. The third kappa shape index (κ3) is 4.76. The summed E-state index contributed by atoms with van der Waals surface area (Å²) in [6, 6.07) is 19.9. The molecule has 1 aliphatic heterocycles. The second-order valence-corrected chi connectivity index (χ2v) is 11.0. The molecule has 1 aliphatic carbocycles. The van der Waals surface area contributed by atoms with Gasteiger partial charge in [-0.3, -0.25) is 14.5 Å². The highest BCUT2D eigenvalue weighted by atomic mass is 32.2. The summed E-state index contributed by atoms with van der Waals surface area (Å²) in [7, 11) is 1.63. The number of benzene rings is 2. The van der Waals surface area contributed by atoms with Crippen LogP contribution in [0.4, 0.5) is 5.82 Å². The molecule has 3 heterocycles. The Morgan fingerprint density at radius 2 is 1.89 bits per heavy atom. The molecule has 1 atom stereocenters. The van der Waals surface area contributed by atoms with E-state index in [1.165, 1.54) is 0 Å². The number of fused-ring (bicyclic) bond motifs is 1. The van der Waals surface area contributed by atoms with Gasteiger partial charge < -0.3 is 10.1 Å². The lowest BCUT2D eigenvalue weighted by Crippen LogP contribution is -2.43. The van der Waals surface area contributed by atoms with Crippen LogP contribution in [-0.2, 0) is 9.59 Å². The number of anilines is 1. The molecule has 2 aliphatic rings. The molecule has 188 valence electrons. The van der Waals surface area contributed by atoms with E-state index in [1.807, 2.05) is 59.3 Å². The Kier molecular flexibility index (Phi) is 6.48. The number of thioether (sulfide) groups is 1. The predicted molar refractivity (Wildman–Crippen MR) is 148 cm³/mol. The van der Waals surface area contributed by atoms with Crippen molar-refractivity contribution in [1.82, 2.24) is 15.1 Å². The van der Waals surface area contributed by atoms with Crippen molar-refractivity contribution in [1.29, 1.82) is 0 Å². The molecule has 0 radical (unpaired) electrons. The van der Waals surface area contributed by atoms with Gasteiger partial charge in [0.2, 0.25) is 11.8 Å². The van der Waals surface area contributed by atoms with Crippen LogP contribution < -0.4 is 15.0 Å². The molecule has 1 N–H and O–H groups in total. The van der Waals surface area contributed by atoms with Gasteiger partial charge in [0.1, 0.15) is 18.1 Å². The minimum absolute atomic E-state index is 0.0463. The summed E-state index contributed by atoms with van der Waals surface area (Å²) >= 11 is 3.22. The number of carbonyl (C=O) groups is 2. The SMILES string of the molecule is COc1ccc(-n2nc(-c3ccccc3)c3c2N(CC(=O)NC2CC2)C(=O)CS[C@@H]3c2ccsc2)cc1. The first-order valence-corrected chi connectivity index (χ1v) is 14.2.